The number of likely N-dealkylation sites (tertiary alicyclic amines) is 1. The Labute approximate surface area is 236 Å². The lowest BCUT2D eigenvalue weighted by Crippen LogP contribution is -2.48. The number of pyridine rings is 2. The summed E-state index contributed by atoms with van der Waals surface area (Å²) in [5, 5.41) is 5.43. The molecule has 8 nitrogen and oxygen atoms in total. The summed E-state index contributed by atoms with van der Waals surface area (Å²) in [7, 11) is 0. The zero-order chi connectivity index (χ0) is 27.9. The van der Waals surface area contributed by atoms with Crippen LogP contribution in [0.4, 0.5) is 10.1 Å². The number of piperidine rings is 2. The topological polar surface area (TPSA) is 88.8 Å². The highest BCUT2D eigenvalue weighted by Crippen LogP contribution is 2.40. The Morgan fingerprint density at radius 3 is 2.35 bits per heavy atom. The third-order valence-corrected chi connectivity index (χ3v) is 7.95. The van der Waals surface area contributed by atoms with Crippen LogP contribution in [0.15, 0.2) is 48.9 Å². The maximum Gasteiger partial charge on any atom is 0.206 e. The number of hydrogen-bond donors (Lipinski definition) is 2. The van der Waals surface area contributed by atoms with E-state index in [4.69, 9.17) is 20.3 Å². The average Bonchev–Trinajstić information content (AvgIpc) is 3.00. The minimum absolute atomic E-state index is 0.253. The van der Waals surface area contributed by atoms with Crippen LogP contribution in [0.5, 0.6) is 11.5 Å². The van der Waals surface area contributed by atoms with Crippen LogP contribution in [0.1, 0.15) is 56.6 Å². The Bertz CT molecular complexity index is 1220. The van der Waals surface area contributed by atoms with E-state index in [0.717, 1.165) is 80.9 Å². The molecule has 0 atom stereocenters. The lowest BCUT2D eigenvalue weighted by atomic mass is 9.87. The maximum atomic E-state index is 14.7. The van der Waals surface area contributed by atoms with Gasteiger partial charge < -0.3 is 19.8 Å². The predicted molar refractivity (Wildman–Crippen MR) is 156 cm³/mol. The smallest absolute Gasteiger partial charge is 0.206 e. The Morgan fingerprint density at radius 2 is 1.73 bits per heavy atom. The molecule has 1 aromatic carbocycles. The van der Waals surface area contributed by atoms with Crippen molar-refractivity contribution in [2.45, 2.75) is 58.0 Å². The summed E-state index contributed by atoms with van der Waals surface area (Å²) in [5.74, 6) is 7.36. The van der Waals surface area contributed by atoms with E-state index in [2.05, 4.69) is 27.3 Å². The van der Waals surface area contributed by atoms with Gasteiger partial charge in [0.2, 0.25) is 5.82 Å². The molecule has 214 valence electrons. The summed E-state index contributed by atoms with van der Waals surface area (Å²) in [6, 6.07) is 10.0. The molecule has 2 aliphatic heterocycles. The number of nitrogens with two attached hydrogens (primary N) is 1. The van der Waals surface area contributed by atoms with Gasteiger partial charge >= 0.3 is 0 Å². The normalized spacial score (nSPS) is 17.1. The molecule has 2 saturated heterocycles. The molecule has 5 rings (SSSR count). The SMILES string of the molecule is CCOc1cc(CN2CCC(c3ccnc(-c4cccnc4)c3N(N)C3CCNCC3)CC2)cc(OCC)c1F. The first-order valence-electron chi connectivity index (χ1n) is 14.5. The third-order valence-electron chi connectivity index (χ3n) is 7.95. The number of nitrogens with one attached hydrogen (secondary N) is 1. The number of rotatable bonds is 10. The second-order valence-corrected chi connectivity index (χ2v) is 10.6. The molecule has 2 aromatic heterocycles. The zero-order valence-electron chi connectivity index (χ0n) is 23.6. The quantitative estimate of drug-likeness (QED) is 0.274. The molecule has 0 bridgehead atoms. The number of aromatic nitrogens is 2. The lowest BCUT2D eigenvalue weighted by Gasteiger charge is -2.38. The van der Waals surface area contributed by atoms with E-state index >= 15 is 0 Å². The van der Waals surface area contributed by atoms with Gasteiger partial charge in [-0.25, -0.2) is 5.84 Å². The molecule has 3 aromatic rings. The summed E-state index contributed by atoms with van der Waals surface area (Å²) in [6.45, 7) is 9.04. The average molecular weight is 549 g/mol. The molecule has 0 radical (unpaired) electrons. The van der Waals surface area contributed by atoms with E-state index in [1.54, 1.807) is 18.3 Å². The molecule has 0 spiro atoms. The molecule has 0 aliphatic carbocycles. The van der Waals surface area contributed by atoms with Crippen molar-refractivity contribution in [2.75, 3.05) is 44.4 Å². The Hall–Kier alpha value is -3.27. The molecular formula is C31H41FN6O2. The standard InChI is InChI=1S/C31H41FN6O2/c1-3-39-27-18-22(19-28(29(27)32)40-4-2)21-37-16-10-23(11-17-37)26-9-15-36-30(24-6-5-12-35-20-24)31(26)38(33)25-7-13-34-14-8-25/h5-6,9,12,15,18-20,23,25,34H,3-4,7-8,10-11,13-14,16-17,21,33H2,1-2H3. The van der Waals surface area contributed by atoms with Gasteiger partial charge in [0.05, 0.1) is 24.6 Å². The van der Waals surface area contributed by atoms with Crippen LogP contribution in [-0.4, -0.2) is 60.3 Å². The monoisotopic (exact) mass is 548 g/mol. The van der Waals surface area contributed by atoms with E-state index in [0.29, 0.717) is 19.1 Å². The number of anilines is 1. The van der Waals surface area contributed by atoms with Crippen molar-refractivity contribution in [3.05, 3.63) is 65.9 Å². The van der Waals surface area contributed by atoms with Gasteiger partial charge in [-0.15, -0.1) is 0 Å². The van der Waals surface area contributed by atoms with Crippen LogP contribution in [0.3, 0.4) is 0 Å². The molecule has 4 heterocycles. The second-order valence-electron chi connectivity index (χ2n) is 10.6. The van der Waals surface area contributed by atoms with Gasteiger partial charge in [-0.05, 0) is 113 Å². The van der Waals surface area contributed by atoms with Crippen LogP contribution >= 0.6 is 0 Å². The zero-order valence-corrected chi connectivity index (χ0v) is 23.6. The number of hydrazine groups is 1. The number of hydrogen-bond acceptors (Lipinski definition) is 8. The molecule has 40 heavy (non-hydrogen) atoms. The van der Waals surface area contributed by atoms with Gasteiger partial charge in [0.25, 0.3) is 0 Å². The van der Waals surface area contributed by atoms with E-state index < -0.39 is 5.82 Å². The van der Waals surface area contributed by atoms with E-state index in [9.17, 15) is 4.39 Å². The number of benzene rings is 1. The van der Waals surface area contributed by atoms with E-state index in [-0.39, 0.29) is 17.5 Å². The first-order chi connectivity index (χ1) is 19.6. The van der Waals surface area contributed by atoms with Gasteiger partial charge in [-0.1, -0.05) is 0 Å². The summed E-state index contributed by atoms with van der Waals surface area (Å²) in [6.07, 6.45) is 9.56. The fraction of sp³-hybridized carbons (Fsp3) is 0.484. The van der Waals surface area contributed by atoms with Gasteiger partial charge in [-0.3, -0.25) is 14.9 Å². The van der Waals surface area contributed by atoms with Crippen LogP contribution in [0, 0.1) is 5.82 Å². The van der Waals surface area contributed by atoms with Gasteiger partial charge in [0, 0.05) is 36.7 Å². The maximum absolute atomic E-state index is 14.7. The molecule has 0 amide bonds. The van der Waals surface area contributed by atoms with Crippen molar-refractivity contribution in [2.24, 2.45) is 5.84 Å². The number of halogens is 1. The van der Waals surface area contributed by atoms with Gasteiger partial charge in [0.1, 0.15) is 0 Å². The van der Waals surface area contributed by atoms with Crippen LogP contribution < -0.4 is 25.6 Å². The fourth-order valence-electron chi connectivity index (χ4n) is 5.95. The predicted octanol–water partition coefficient (Wildman–Crippen LogP) is 4.89. The minimum Gasteiger partial charge on any atom is -0.491 e. The van der Waals surface area contributed by atoms with Crippen molar-refractivity contribution in [1.82, 2.24) is 20.2 Å². The molecule has 9 heteroatoms. The highest BCUT2D eigenvalue weighted by molar-refractivity contribution is 5.77. The van der Waals surface area contributed by atoms with E-state index in [1.807, 2.05) is 37.3 Å². The Kier molecular flexibility index (Phi) is 9.46. The van der Waals surface area contributed by atoms with Crippen molar-refractivity contribution in [3.8, 4) is 22.8 Å². The van der Waals surface area contributed by atoms with Crippen molar-refractivity contribution >= 4 is 5.69 Å². The Morgan fingerprint density at radius 1 is 1.02 bits per heavy atom. The Balaban J connectivity index is 1.36. The highest BCUT2D eigenvalue weighted by Gasteiger charge is 2.29. The summed E-state index contributed by atoms with van der Waals surface area (Å²) in [5.41, 5.74) is 5.16. The molecule has 2 aliphatic rings. The van der Waals surface area contributed by atoms with E-state index in [1.165, 1.54) is 5.56 Å². The third kappa shape index (κ3) is 6.37. The molecular weight excluding hydrogens is 507 g/mol. The summed E-state index contributed by atoms with van der Waals surface area (Å²) < 4.78 is 25.9. The summed E-state index contributed by atoms with van der Waals surface area (Å²) >= 11 is 0. The van der Waals surface area contributed by atoms with Crippen LogP contribution in [0.25, 0.3) is 11.3 Å². The molecule has 2 fully saturated rings. The summed E-state index contributed by atoms with van der Waals surface area (Å²) in [4.78, 5) is 11.6. The highest BCUT2D eigenvalue weighted by atomic mass is 19.1. The van der Waals surface area contributed by atoms with Crippen LogP contribution in [-0.2, 0) is 6.54 Å². The molecule has 3 N–H and O–H groups in total. The largest absolute Gasteiger partial charge is 0.491 e. The van der Waals surface area contributed by atoms with Crippen molar-refractivity contribution < 1.29 is 13.9 Å². The van der Waals surface area contributed by atoms with Crippen LogP contribution in [0.2, 0.25) is 0 Å². The number of ether oxygens (including phenoxy) is 2. The lowest BCUT2D eigenvalue weighted by molar-refractivity contribution is 0.203. The second kappa shape index (κ2) is 13.4. The van der Waals surface area contributed by atoms with Crippen molar-refractivity contribution in [3.63, 3.8) is 0 Å². The first-order valence-corrected chi connectivity index (χ1v) is 14.5. The van der Waals surface area contributed by atoms with Crippen molar-refractivity contribution in [1.29, 1.82) is 0 Å². The van der Waals surface area contributed by atoms with Gasteiger partial charge in [-0.2, -0.15) is 4.39 Å². The molecule has 0 unspecified atom stereocenters. The molecule has 0 saturated carbocycles. The first kappa shape index (κ1) is 28.3. The fourth-order valence-corrected chi connectivity index (χ4v) is 5.95. The minimum atomic E-state index is -0.430. The number of nitrogens with zero attached hydrogens (tertiary/aromatic N) is 4. The van der Waals surface area contributed by atoms with Gasteiger partial charge in [0.15, 0.2) is 11.5 Å².